The summed E-state index contributed by atoms with van der Waals surface area (Å²) in [6, 6.07) is 0.492. The molecule has 1 amide bonds. The molecule has 0 aromatic rings. The van der Waals surface area contributed by atoms with Gasteiger partial charge in [0, 0.05) is 38.1 Å². The summed E-state index contributed by atoms with van der Waals surface area (Å²) in [6.07, 6.45) is 3.55. The monoisotopic (exact) mass is 325 g/mol. The van der Waals surface area contributed by atoms with Crippen LogP contribution < -0.4 is 16.0 Å². The third-order valence-corrected chi connectivity index (χ3v) is 4.02. The summed E-state index contributed by atoms with van der Waals surface area (Å²) in [5.41, 5.74) is 0. The predicted molar refractivity (Wildman–Crippen MR) is 96.7 cm³/mol. The Bertz CT molecular complexity index is 362. The molecule has 3 N–H and O–H groups in total. The molecule has 0 radical (unpaired) electrons. The van der Waals surface area contributed by atoms with Crippen molar-refractivity contribution in [2.45, 2.75) is 53.0 Å². The molecule has 1 rings (SSSR count). The number of hydrogen-bond acceptors (Lipinski definition) is 3. The Balaban J connectivity index is 2.34. The van der Waals surface area contributed by atoms with Crippen molar-refractivity contribution in [2.24, 2.45) is 10.9 Å². The molecule has 0 aromatic heterocycles. The zero-order valence-corrected chi connectivity index (χ0v) is 15.3. The standard InChI is InChI=1S/C17H35N5O/c1-5-11-22-12-7-15(8-13-22)21-17(18-6-2)20-10-9-19-16(23)14(3)4/h14-15H,5-13H2,1-4H3,(H,19,23)(H2,18,20,21). The van der Waals surface area contributed by atoms with Gasteiger partial charge in [0.15, 0.2) is 5.96 Å². The summed E-state index contributed by atoms with van der Waals surface area (Å²) < 4.78 is 0. The van der Waals surface area contributed by atoms with Crippen LogP contribution in [0, 0.1) is 5.92 Å². The molecule has 1 fully saturated rings. The highest BCUT2D eigenvalue weighted by molar-refractivity contribution is 5.80. The Hall–Kier alpha value is -1.30. The molecule has 6 heteroatoms. The van der Waals surface area contributed by atoms with Crippen LogP contribution in [0.4, 0.5) is 0 Å². The molecule has 134 valence electrons. The van der Waals surface area contributed by atoms with E-state index in [1.807, 2.05) is 13.8 Å². The van der Waals surface area contributed by atoms with Crippen molar-refractivity contribution in [3.63, 3.8) is 0 Å². The first kappa shape index (κ1) is 19.7. The van der Waals surface area contributed by atoms with Gasteiger partial charge in [0.2, 0.25) is 5.91 Å². The van der Waals surface area contributed by atoms with Gasteiger partial charge in [-0.1, -0.05) is 20.8 Å². The van der Waals surface area contributed by atoms with Crippen LogP contribution in [0.3, 0.4) is 0 Å². The fourth-order valence-corrected chi connectivity index (χ4v) is 2.68. The number of carbonyl (C=O) groups excluding carboxylic acids is 1. The molecule has 6 nitrogen and oxygen atoms in total. The molecule has 1 heterocycles. The van der Waals surface area contributed by atoms with Crippen LogP contribution in [0.15, 0.2) is 4.99 Å². The number of piperidine rings is 1. The zero-order valence-electron chi connectivity index (χ0n) is 15.3. The molecule has 0 saturated carbocycles. The number of rotatable bonds is 8. The molecule has 23 heavy (non-hydrogen) atoms. The summed E-state index contributed by atoms with van der Waals surface area (Å²) in [4.78, 5) is 18.6. The maximum Gasteiger partial charge on any atom is 0.222 e. The lowest BCUT2D eigenvalue weighted by atomic mass is 10.1. The first-order valence-corrected chi connectivity index (χ1v) is 9.11. The van der Waals surface area contributed by atoms with Crippen LogP contribution in [-0.2, 0) is 4.79 Å². The number of hydrogen-bond donors (Lipinski definition) is 3. The smallest absolute Gasteiger partial charge is 0.222 e. The number of guanidine groups is 1. The SMILES string of the molecule is CCCN1CCC(NC(=NCCNC(=O)C(C)C)NCC)CC1. The summed E-state index contributed by atoms with van der Waals surface area (Å²) in [5.74, 6) is 0.973. The van der Waals surface area contributed by atoms with Gasteiger partial charge in [0.1, 0.15) is 0 Å². The lowest BCUT2D eigenvalue weighted by Crippen LogP contribution is -2.49. The van der Waals surface area contributed by atoms with Gasteiger partial charge < -0.3 is 20.9 Å². The summed E-state index contributed by atoms with van der Waals surface area (Å²) in [6.45, 7) is 13.7. The fraction of sp³-hybridized carbons (Fsp3) is 0.882. The number of nitrogens with one attached hydrogen (secondary N) is 3. The first-order chi connectivity index (χ1) is 11.1. The van der Waals surface area contributed by atoms with Crippen LogP contribution in [-0.4, -0.2) is 62.1 Å². The third kappa shape index (κ3) is 8.21. The summed E-state index contributed by atoms with van der Waals surface area (Å²) >= 11 is 0. The molecule has 0 unspecified atom stereocenters. The van der Waals surface area contributed by atoms with E-state index in [-0.39, 0.29) is 11.8 Å². The maximum atomic E-state index is 11.5. The van der Waals surface area contributed by atoms with E-state index in [0.29, 0.717) is 19.1 Å². The van der Waals surface area contributed by atoms with Crippen LogP contribution >= 0.6 is 0 Å². The number of nitrogens with zero attached hydrogens (tertiary/aromatic N) is 2. The lowest BCUT2D eigenvalue weighted by molar-refractivity contribution is -0.123. The largest absolute Gasteiger partial charge is 0.357 e. The number of aliphatic imine (C=N–C) groups is 1. The Morgan fingerprint density at radius 2 is 1.91 bits per heavy atom. The Labute approximate surface area is 141 Å². The Morgan fingerprint density at radius 3 is 2.48 bits per heavy atom. The van der Waals surface area contributed by atoms with E-state index in [0.717, 1.165) is 38.4 Å². The van der Waals surface area contributed by atoms with E-state index in [1.54, 1.807) is 0 Å². The second-order valence-electron chi connectivity index (χ2n) is 6.47. The highest BCUT2D eigenvalue weighted by Crippen LogP contribution is 2.10. The normalized spacial score (nSPS) is 17.3. The van der Waals surface area contributed by atoms with Crippen molar-refractivity contribution in [1.29, 1.82) is 0 Å². The average Bonchev–Trinajstić information content (AvgIpc) is 2.53. The van der Waals surface area contributed by atoms with E-state index in [2.05, 4.69) is 39.7 Å². The minimum Gasteiger partial charge on any atom is -0.357 e. The predicted octanol–water partition coefficient (Wildman–Crippen LogP) is 1.19. The number of amides is 1. The van der Waals surface area contributed by atoms with Crippen molar-refractivity contribution < 1.29 is 4.79 Å². The van der Waals surface area contributed by atoms with Crippen LogP contribution in [0.5, 0.6) is 0 Å². The molecular weight excluding hydrogens is 290 g/mol. The van der Waals surface area contributed by atoms with E-state index < -0.39 is 0 Å². The van der Waals surface area contributed by atoms with E-state index in [4.69, 9.17) is 0 Å². The van der Waals surface area contributed by atoms with Crippen LogP contribution in [0.2, 0.25) is 0 Å². The molecule has 0 aliphatic carbocycles. The minimum absolute atomic E-state index is 0.0265. The molecule has 0 atom stereocenters. The Morgan fingerprint density at radius 1 is 1.22 bits per heavy atom. The van der Waals surface area contributed by atoms with Gasteiger partial charge in [-0.25, -0.2) is 0 Å². The van der Waals surface area contributed by atoms with Gasteiger partial charge in [-0.05, 0) is 32.7 Å². The molecular formula is C17H35N5O. The van der Waals surface area contributed by atoms with Crippen molar-refractivity contribution in [3.05, 3.63) is 0 Å². The van der Waals surface area contributed by atoms with Crippen LogP contribution in [0.25, 0.3) is 0 Å². The van der Waals surface area contributed by atoms with Gasteiger partial charge >= 0.3 is 0 Å². The lowest BCUT2D eigenvalue weighted by Gasteiger charge is -2.32. The number of carbonyl (C=O) groups is 1. The van der Waals surface area contributed by atoms with Gasteiger partial charge in [0.05, 0.1) is 6.54 Å². The molecule has 0 spiro atoms. The summed E-state index contributed by atoms with van der Waals surface area (Å²) in [7, 11) is 0. The third-order valence-electron chi connectivity index (χ3n) is 4.02. The maximum absolute atomic E-state index is 11.5. The molecule has 0 aromatic carbocycles. The molecule has 1 aliphatic heterocycles. The van der Waals surface area contributed by atoms with Crippen molar-refractivity contribution >= 4 is 11.9 Å². The first-order valence-electron chi connectivity index (χ1n) is 9.11. The van der Waals surface area contributed by atoms with Gasteiger partial charge in [-0.2, -0.15) is 0 Å². The highest BCUT2D eigenvalue weighted by atomic mass is 16.1. The number of likely N-dealkylation sites (tertiary alicyclic amines) is 1. The van der Waals surface area contributed by atoms with Crippen molar-refractivity contribution in [1.82, 2.24) is 20.9 Å². The van der Waals surface area contributed by atoms with E-state index >= 15 is 0 Å². The highest BCUT2D eigenvalue weighted by Gasteiger charge is 2.19. The topological polar surface area (TPSA) is 68.8 Å². The zero-order chi connectivity index (χ0) is 17.1. The van der Waals surface area contributed by atoms with E-state index in [9.17, 15) is 4.79 Å². The Kier molecular flexibility index (Phi) is 9.67. The molecule has 0 bridgehead atoms. The fourth-order valence-electron chi connectivity index (χ4n) is 2.68. The van der Waals surface area contributed by atoms with Gasteiger partial charge in [-0.15, -0.1) is 0 Å². The van der Waals surface area contributed by atoms with Crippen molar-refractivity contribution in [2.75, 3.05) is 39.3 Å². The quantitative estimate of drug-likeness (QED) is 0.356. The molecule has 1 aliphatic rings. The van der Waals surface area contributed by atoms with E-state index in [1.165, 1.54) is 13.0 Å². The second kappa shape index (κ2) is 11.3. The van der Waals surface area contributed by atoms with Gasteiger partial charge in [-0.3, -0.25) is 9.79 Å². The summed E-state index contributed by atoms with van der Waals surface area (Å²) in [5, 5.41) is 9.71. The average molecular weight is 326 g/mol. The van der Waals surface area contributed by atoms with Gasteiger partial charge in [0.25, 0.3) is 0 Å². The second-order valence-corrected chi connectivity index (χ2v) is 6.47. The van der Waals surface area contributed by atoms with Crippen LogP contribution in [0.1, 0.15) is 47.0 Å². The minimum atomic E-state index is 0.0265. The van der Waals surface area contributed by atoms with Crippen molar-refractivity contribution in [3.8, 4) is 0 Å². The molecule has 1 saturated heterocycles.